The first-order chi connectivity index (χ1) is 9.10. The molecular formula is C12H14N2O4S. The molecule has 1 aromatic carbocycles. The first-order valence-corrected chi connectivity index (χ1v) is 6.74. The third-order valence-corrected chi connectivity index (χ3v) is 2.81. The van der Waals surface area contributed by atoms with Crippen molar-refractivity contribution < 1.29 is 14.5 Å². The van der Waals surface area contributed by atoms with Crippen molar-refractivity contribution in [3.63, 3.8) is 0 Å². The van der Waals surface area contributed by atoms with E-state index in [9.17, 15) is 14.9 Å². The highest BCUT2D eigenvalue weighted by atomic mass is 32.2. The molecule has 0 radical (unpaired) electrons. The lowest BCUT2D eigenvalue weighted by Crippen LogP contribution is -2.19. The summed E-state index contributed by atoms with van der Waals surface area (Å²) in [5.74, 6) is -0.944. The van der Waals surface area contributed by atoms with Crippen molar-refractivity contribution in [3.05, 3.63) is 51.2 Å². The summed E-state index contributed by atoms with van der Waals surface area (Å²) in [5, 5.41) is 14.0. The number of anilines is 1. The van der Waals surface area contributed by atoms with E-state index in [0.29, 0.717) is 5.69 Å². The Balaban J connectivity index is 3.09. The summed E-state index contributed by atoms with van der Waals surface area (Å²) < 4.78 is 4.69. The zero-order valence-corrected chi connectivity index (χ0v) is 11.4. The summed E-state index contributed by atoms with van der Waals surface area (Å²) in [7, 11) is 0. The van der Waals surface area contributed by atoms with Crippen LogP contribution in [0.5, 0.6) is 0 Å². The van der Waals surface area contributed by atoms with Crippen molar-refractivity contribution in [2.24, 2.45) is 0 Å². The Morgan fingerprint density at radius 3 is 2.53 bits per heavy atom. The van der Waals surface area contributed by atoms with Gasteiger partial charge in [-0.25, -0.2) is 4.79 Å². The van der Waals surface area contributed by atoms with Crippen molar-refractivity contribution in [1.82, 2.24) is 0 Å². The minimum Gasteiger partial charge on any atom is -0.458 e. The van der Waals surface area contributed by atoms with E-state index in [-0.39, 0.29) is 11.6 Å². The summed E-state index contributed by atoms with van der Waals surface area (Å²) in [6.45, 7) is 1.68. The topological polar surface area (TPSA) is 81.5 Å². The van der Waals surface area contributed by atoms with E-state index in [0.717, 1.165) is 11.8 Å². The van der Waals surface area contributed by atoms with E-state index < -0.39 is 16.6 Å². The van der Waals surface area contributed by atoms with Crippen molar-refractivity contribution in [3.8, 4) is 0 Å². The number of hydrogen-bond donors (Lipinski definition) is 1. The van der Waals surface area contributed by atoms with E-state index in [4.69, 9.17) is 4.74 Å². The molecule has 0 aliphatic rings. The highest BCUT2D eigenvalue weighted by molar-refractivity contribution is 8.02. The second-order valence-electron chi connectivity index (χ2n) is 3.35. The fourth-order valence-electron chi connectivity index (χ4n) is 1.31. The van der Waals surface area contributed by atoms with Gasteiger partial charge >= 0.3 is 11.7 Å². The minimum atomic E-state index is -0.944. The second-order valence-corrected chi connectivity index (χ2v) is 4.17. The molecule has 0 aromatic heterocycles. The van der Waals surface area contributed by atoms with Gasteiger partial charge in [0.05, 0.1) is 11.5 Å². The number of hydrogen-bond acceptors (Lipinski definition) is 6. The first kappa shape index (κ1) is 15.0. The molecule has 19 heavy (non-hydrogen) atoms. The third kappa shape index (κ3) is 4.29. The number of carbonyl (C=O) groups is 1. The Labute approximate surface area is 115 Å². The fraction of sp³-hybridized carbons (Fsp3) is 0.250. The van der Waals surface area contributed by atoms with Gasteiger partial charge in [-0.1, -0.05) is 18.2 Å². The molecule has 0 bridgehead atoms. The van der Waals surface area contributed by atoms with Crippen LogP contribution in [-0.4, -0.2) is 23.8 Å². The number of benzene rings is 1. The number of para-hydroxylation sites is 1. The van der Waals surface area contributed by atoms with Crippen molar-refractivity contribution in [1.29, 1.82) is 0 Å². The highest BCUT2D eigenvalue weighted by Gasteiger charge is 2.29. The second kappa shape index (κ2) is 7.42. The molecule has 1 aromatic rings. The van der Waals surface area contributed by atoms with E-state index in [1.165, 1.54) is 0 Å². The van der Waals surface area contributed by atoms with Crippen LogP contribution in [0.15, 0.2) is 41.1 Å². The molecule has 0 amide bonds. The largest absolute Gasteiger partial charge is 0.458 e. The van der Waals surface area contributed by atoms with Crippen LogP contribution in [0.1, 0.15) is 6.92 Å². The summed E-state index contributed by atoms with van der Waals surface area (Å²) in [4.78, 5) is 21.9. The summed E-state index contributed by atoms with van der Waals surface area (Å²) >= 11 is 1.08. The van der Waals surface area contributed by atoms with Crippen LogP contribution in [0.4, 0.5) is 5.69 Å². The number of nitro groups is 1. The van der Waals surface area contributed by atoms with E-state index in [2.05, 4.69) is 5.32 Å². The third-order valence-electron chi connectivity index (χ3n) is 2.10. The van der Waals surface area contributed by atoms with E-state index in [1.54, 1.807) is 37.4 Å². The number of nitrogens with zero attached hydrogens (tertiary/aromatic N) is 1. The fourth-order valence-corrected chi connectivity index (χ4v) is 1.88. The Bertz CT molecular complexity index is 488. The molecule has 0 unspecified atom stereocenters. The average molecular weight is 282 g/mol. The van der Waals surface area contributed by atoms with Crippen molar-refractivity contribution in [2.75, 3.05) is 18.2 Å². The molecule has 0 spiro atoms. The Morgan fingerprint density at radius 2 is 2.05 bits per heavy atom. The lowest BCUT2D eigenvalue weighted by atomic mass is 10.3. The van der Waals surface area contributed by atoms with Crippen LogP contribution in [-0.2, 0) is 9.53 Å². The molecule has 6 nitrogen and oxygen atoms in total. The number of rotatable bonds is 6. The molecule has 0 aliphatic carbocycles. The van der Waals surface area contributed by atoms with Gasteiger partial charge in [0.15, 0.2) is 5.03 Å². The molecule has 0 saturated carbocycles. The first-order valence-electron chi connectivity index (χ1n) is 5.52. The Kier molecular flexibility index (Phi) is 5.87. The van der Waals surface area contributed by atoms with Gasteiger partial charge in [-0.05, 0) is 25.3 Å². The number of ether oxygens (including phenoxy) is 1. The van der Waals surface area contributed by atoms with E-state index >= 15 is 0 Å². The van der Waals surface area contributed by atoms with Crippen molar-refractivity contribution in [2.45, 2.75) is 6.92 Å². The van der Waals surface area contributed by atoms with Gasteiger partial charge in [-0.15, -0.1) is 11.8 Å². The highest BCUT2D eigenvalue weighted by Crippen LogP contribution is 2.21. The van der Waals surface area contributed by atoms with Crippen LogP contribution in [0, 0.1) is 10.1 Å². The molecule has 0 heterocycles. The number of nitrogens with one attached hydrogen (secondary N) is 1. The van der Waals surface area contributed by atoms with Crippen LogP contribution in [0.3, 0.4) is 0 Å². The standard InChI is InChI=1S/C12H14N2O4S/c1-3-18-12(15)10(14(16)17)11(19-2)13-9-7-5-4-6-8-9/h4-8,13H,3H2,1-2H3/b11-10+. The Hall–Kier alpha value is -2.02. The lowest BCUT2D eigenvalue weighted by Gasteiger charge is -2.09. The van der Waals surface area contributed by atoms with E-state index in [1.807, 2.05) is 6.07 Å². The Morgan fingerprint density at radius 1 is 1.42 bits per heavy atom. The number of esters is 1. The van der Waals surface area contributed by atoms with Crippen molar-refractivity contribution >= 4 is 23.4 Å². The van der Waals surface area contributed by atoms with Gasteiger partial charge in [-0.3, -0.25) is 10.1 Å². The molecule has 0 fully saturated rings. The summed E-state index contributed by atoms with van der Waals surface area (Å²) in [5.41, 5.74) is 0.0775. The summed E-state index contributed by atoms with van der Waals surface area (Å²) in [6, 6.07) is 8.90. The lowest BCUT2D eigenvalue weighted by molar-refractivity contribution is -0.421. The molecule has 0 aliphatic heterocycles. The van der Waals surface area contributed by atoms with Gasteiger partial charge < -0.3 is 10.1 Å². The predicted molar refractivity (Wildman–Crippen MR) is 74.2 cm³/mol. The maximum atomic E-state index is 11.6. The minimum absolute atomic E-state index is 0.0865. The molecule has 0 saturated heterocycles. The van der Waals surface area contributed by atoms with Crippen LogP contribution < -0.4 is 5.32 Å². The van der Waals surface area contributed by atoms with Gasteiger partial charge in [0.25, 0.3) is 0 Å². The quantitative estimate of drug-likeness (QED) is 0.373. The summed E-state index contributed by atoms with van der Waals surface area (Å²) in [6.07, 6.45) is 1.65. The molecule has 7 heteroatoms. The predicted octanol–water partition coefficient (Wildman–Crippen LogP) is 2.47. The SMILES string of the molecule is CCOC(=O)/C(=C(/Nc1ccccc1)SC)[N+](=O)[O-]. The number of thioether (sulfide) groups is 1. The average Bonchev–Trinajstić information content (AvgIpc) is 2.39. The van der Waals surface area contributed by atoms with Gasteiger partial charge in [0, 0.05) is 5.69 Å². The maximum absolute atomic E-state index is 11.6. The van der Waals surface area contributed by atoms with Gasteiger partial charge in [0.1, 0.15) is 0 Å². The number of carbonyl (C=O) groups excluding carboxylic acids is 1. The van der Waals surface area contributed by atoms with Crippen LogP contribution >= 0.6 is 11.8 Å². The molecule has 1 N–H and O–H groups in total. The molecule has 1 rings (SSSR count). The molecular weight excluding hydrogens is 268 g/mol. The van der Waals surface area contributed by atoms with Gasteiger partial charge in [0.2, 0.25) is 0 Å². The van der Waals surface area contributed by atoms with Crippen LogP contribution in [0.25, 0.3) is 0 Å². The zero-order chi connectivity index (χ0) is 14.3. The molecule has 0 atom stereocenters. The maximum Gasteiger partial charge on any atom is 0.412 e. The normalized spacial score (nSPS) is 11.5. The zero-order valence-electron chi connectivity index (χ0n) is 10.6. The molecule has 102 valence electrons. The van der Waals surface area contributed by atoms with Crippen LogP contribution in [0.2, 0.25) is 0 Å². The smallest absolute Gasteiger partial charge is 0.412 e. The van der Waals surface area contributed by atoms with Gasteiger partial charge in [-0.2, -0.15) is 0 Å². The monoisotopic (exact) mass is 282 g/mol.